The minimum atomic E-state index is -0.781. The number of fused-ring (bicyclic) bond motifs is 1. The predicted octanol–water partition coefficient (Wildman–Crippen LogP) is 3.84. The molecule has 0 aliphatic heterocycles. The number of aromatic nitrogens is 2. The molecule has 0 saturated heterocycles. The molecule has 0 aliphatic rings. The van der Waals surface area contributed by atoms with Crippen LogP contribution >= 0.6 is 0 Å². The molecule has 118 valence electrons. The fourth-order valence-corrected chi connectivity index (χ4v) is 2.70. The summed E-state index contributed by atoms with van der Waals surface area (Å²) < 4.78 is 21.0. The minimum absolute atomic E-state index is 0.122. The fraction of sp³-hybridized carbons (Fsp3) is 0.0526. The van der Waals surface area contributed by atoms with Gasteiger partial charge in [0.1, 0.15) is 5.76 Å². The molecule has 2 aromatic heterocycles. The molecule has 5 heteroatoms. The van der Waals surface area contributed by atoms with E-state index in [9.17, 15) is 9.18 Å². The van der Waals surface area contributed by atoms with Gasteiger partial charge >= 0.3 is 0 Å². The van der Waals surface area contributed by atoms with E-state index in [1.54, 1.807) is 24.4 Å². The van der Waals surface area contributed by atoms with Crippen molar-refractivity contribution in [1.82, 2.24) is 9.55 Å². The summed E-state index contributed by atoms with van der Waals surface area (Å²) >= 11 is 0. The molecule has 0 radical (unpaired) electrons. The van der Waals surface area contributed by atoms with Gasteiger partial charge in [0.2, 0.25) is 5.89 Å². The van der Waals surface area contributed by atoms with Gasteiger partial charge in [-0.25, -0.2) is 9.37 Å². The highest BCUT2D eigenvalue weighted by Gasteiger charge is 2.12. The quantitative estimate of drug-likeness (QED) is 0.576. The second-order valence-corrected chi connectivity index (χ2v) is 5.44. The number of pyridine rings is 1. The summed E-state index contributed by atoms with van der Waals surface area (Å²) in [6.45, 7) is 0.122. The molecule has 0 saturated carbocycles. The number of nitrogens with zero attached hydrogens (tertiary/aromatic N) is 2. The lowest BCUT2D eigenvalue weighted by atomic mass is 10.2. The van der Waals surface area contributed by atoms with Crippen LogP contribution in [-0.4, -0.2) is 9.55 Å². The van der Waals surface area contributed by atoms with E-state index >= 15 is 0 Å². The van der Waals surface area contributed by atoms with Gasteiger partial charge in [0.15, 0.2) is 5.82 Å². The Morgan fingerprint density at radius 1 is 1.04 bits per heavy atom. The number of para-hydroxylation sites is 1. The van der Waals surface area contributed by atoms with E-state index in [0.717, 1.165) is 5.56 Å². The SMILES string of the molecule is O=c1c(F)cc2ccccc2n1Cc1cnc(-c2ccccc2)o1. The topological polar surface area (TPSA) is 48.0 Å². The summed E-state index contributed by atoms with van der Waals surface area (Å²) in [5, 5.41) is 0.664. The molecular formula is C19H13FN2O2. The monoisotopic (exact) mass is 320 g/mol. The van der Waals surface area contributed by atoms with Crippen molar-refractivity contribution in [3.8, 4) is 11.5 Å². The first kappa shape index (κ1) is 14.4. The zero-order valence-corrected chi connectivity index (χ0v) is 12.6. The van der Waals surface area contributed by atoms with Crippen LogP contribution in [0.2, 0.25) is 0 Å². The normalized spacial score (nSPS) is 11.0. The molecule has 4 rings (SSSR count). The van der Waals surface area contributed by atoms with E-state index in [2.05, 4.69) is 4.98 Å². The highest BCUT2D eigenvalue weighted by Crippen LogP contribution is 2.20. The van der Waals surface area contributed by atoms with E-state index in [1.165, 1.54) is 10.6 Å². The lowest BCUT2D eigenvalue weighted by Crippen LogP contribution is -2.23. The van der Waals surface area contributed by atoms with Gasteiger partial charge in [-0.2, -0.15) is 0 Å². The number of benzene rings is 2. The Morgan fingerprint density at radius 2 is 1.79 bits per heavy atom. The van der Waals surface area contributed by atoms with Crippen LogP contribution in [-0.2, 0) is 6.54 Å². The molecule has 0 aliphatic carbocycles. The van der Waals surface area contributed by atoms with Gasteiger partial charge in [-0.1, -0.05) is 36.4 Å². The van der Waals surface area contributed by atoms with Crippen molar-refractivity contribution in [3.05, 3.63) is 88.8 Å². The second kappa shape index (κ2) is 5.77. The summed E-state index contributed by atoms with van der Waals surface area (Å²) in [4.78, 5) is 16.4. The summed E-state index contributed by atoms with van der Waals surface area (Å²) in [6, 6.07) is 17.9. The highest BCUT2D eigenvalue weighted by molar-refractivity contribution is 5.78. The van der Waals surface area contributed by atoms with Gasteiger partial charge < -0.3 is 4.42 Å². The maximum absolute atomic E-state index is 13.9. The van der Waals surface area contributed by atoms with Crippen molar-refractivity contribution < 1.29 is 8.81 Å². The van der Waals surface area contributed by atoms with Crippen molar-refractivity contribution in [2.75, 3.05) is 0 Å². The number of rotatable bonds is 3. The van der Waals surface area contributed by atoms with Crippen LogP contribution in [0, 0.1) is 5.82 Å². The standard InChI is InChI=1S/C19H13FN2O2/c20-16-10-14-8-4-5-9-17(14)22(19(16)23)12-15-11-21-18(24-15)13-6-2-1-3-7-13/h1-11H,12H2. The van der Waals surface area contributed by atoms with E-state index in [-0.39, 0.29) is 6.54 Å². The fourth-order valence-electron chi connectivity index (χ4n) is 2.70. The van der Waals surface area contributed by atoms with Crippen LogP contribution in [0.25, 0.3) is 22.4 Å². The first-order chi connectivity index (χ1) is 11.7. The van der Waals surface area contributed by atoms with Crippen molar-refractivity contribution in [1.29, 1.82) is 0 Å². The third-order valence-electron chi connectivity index (χ3n) is 3.85. The number of hydrogen-bond acceptors (Lipinski definition) is 3. The van der Waals surface area contributed by atoms with Gasteiger partial charge in [-0.05, 0) is 24.3 Å². The zero-order chi connectivity index (χ0) is 16.5. The van der Waals surface area contributed by atoms with Crippen molar-refractivity contribution in [2.24, 2.45) is 0 Å². The van der Waals surface area contributed by atoms with E-state index in [0.29, 0.717) is 22.6 Å². The van der Waals surface area contributed by atoms with E-state index in [1.807, 2.05) is 36.4 Å². The lowest BCUT2D eigenvalue weighted by molar-refractivity contribution is 0.495. The minimum Gasteiger partial charge on any atom is -0.439 e. The highest BCUT2D eigenvalue weighted by atomic mass is 19.1. The van der Waals surface area contributed by atoms with Crippen LogP contribution in [0.3, 0.4) is 0 Å². The summed E-state index contributed by atoms with van der Waals surface area (Å²) in [5.41, 5.74) is 0.827. The van der Waals surface area contributed by atoms with Crippen LogP contribution in [0.1, 0.15) is 5.76 Å². The predicted molar refractivity (Wildman–Crippen MR) is 89.2 cm³/mol. The largest absolute Gasteiger partial charge is 0.439 e. The number of oxazole rings is 1. The molecule has 4 nitrogen and oxygen atoms in total. The maximum atomic E-state index is 13.9. The third-order valence-corrected chi connectivity index (χ3v) is 3.85. The Balaban J connectivity index is 1.77. The van der Waals surface area contributed by atoms with Gasteiger partial charge in [0, 0.05) is 10.9 Å². The number of halogens is 1. The zero-order valence-electron chi connectivity index (χ0n) is 12.6. The maximum Gasteiger partial charge on any atom is 0.287 e. The molecule has 0 amide bonds. The Bertz CT molecular complexity index is 1070. The van der Waals surface area contributed by atoms with Crippen LogP contribution < -0.4 is 5.56 Å². The third kappa shape index (κ3) is 2.50. The molecular weight excluding hydrogens is 307 g/mol. The lowest BCUT2D eigenvalue weighted by Gasteiger charge is -2.08. The second-order valence-electron chi connectivity index (χ2n) is 5.44. The smallest absolute Gasteiger partial charge is 0.287 e. The van der Waals surface area contributed by atoms with Crippen LogP contribution in [0.4, 0.5) is 4.39 Å². The van der Waals surface area contributed by atoms with Gasteiger partial charge in [-0.3, -0.25) is 9.36 Å². The Morgan fingerprint density at radius 3 is 2.62 bits per heavy atom. The van der Waals surface area contributed by atoms with Crippen molar-refractivity contribution >= 4 is 10.9 Å². The van der Waals surface area contributed by atoms with Gasteiger partial charge in [0.25, 0.3) is 5.56 Å². The first-order valence-electron chi connectivity index (χ1n) is 7.50. The number of hydrogen-bond donors (Lipinski definition) is 0. The van der Waals surface area contributed by atoms with Gasteiger partial charge in [-0.15, -0.1) is 0 Å². The molecule has 0 fully saturated rings. The van der Waals surface area contributed by atoms with Gasteiger partial charge in [0.05, 0.1) is 18.3 Å². The summed E-state index contributed by atoms with van der Waals surface area (Å²) in [7, 11) is 0. The molecule has 0 unspecified atom stereocenters. The average molecular weight is 320 g/mol. The molecule has 2 aromatic carbocycles. The average Bonchev–Trinajstić information content (AvgIpc) is 3.08. The molecule has 0 bridgehead atoms. The van der Waals surface area contributed by atoms with Crippen LogP contribution in [0.5, 0.6) is 0 Å². The molecule has 0 atom stereocenters. The molecule has 2 heterocycles. The molecule has 0 N–H and O–H groups in total. The molecule has 24 heavy (non-hydrogen) atoms. The van der Waals surface area contributed by atoms with Crippen molar-refractivity contribution in [3.63, 3.8) is 0 Å². The Hall–Kier alpha value is -3.21. The van der Waals surface area contributed by atoms with Crippen LogP contribution in [0.15, 0.2) is 76.1 Å². The summed E-state index contributed by atoms with van der Waals surface area (Å²) in [6.07, 6.45) is 1.56. The molecule has 4 aromatic rings. The molecule has 0 spiro atoms. The van der Waals surface area contributed by atoms with E-state index in [4.69, 9.17) is 4.42 Å². The van der Waals surface area contributed by atoms with Crippen molar-refractivity contribution in [2.45, 2.75) is 6.54 Å². The Kier molecular flexibility index (Phi) is 3.46. The van der Waals surface area contributed by atoms with E-state index < -0.39 is 11.4 Å². The first-order valence-corrected chi connectivity index (χ1v) is 7.50. The Labute approximate surface area is 136 Å². The summed E-state index contributed by atoms with van der Waals surface area (Å²) in [5.74, 6) is 0.183.